The van der Waals surface area contributed by atoms with Gasteiger partial charge in [0.05, 0.1) is 22.3 Å². The van der Waals surface area contributed by atoms with E-state index >= 15 is 0 Å². The van der Waals surface area contributed by atoms with Crippen molar-refractivity contribution in [3.8, 4) is 0 Å². The Bertz CT molecular complexity index is 793. The van der Waals surface area contributed by atoms with Crippen molar-refractivity contribution in [1.29, 1.82) is 0 Å². The molecule has 0 unspecified atom stereocenters. The van der Waals surface area contributed by atoms with Gasteiger partial charge in [0, 0.05) is 0 Å². The van der Waals surface area contributed by atoms with Crippen molar-refractivity contribution in [2.45, 2.75) is 0 Å². The summed E-state index contributed by atoms with van der Waals surface area (Å²) >= 11 is 0. The average Bonchev–Trinajstić information content (AvgIpc) is 2.83. The molecule has 0 radical (unpaired) electrons. The van der Waals surface area contributed by atoms with Crippen molar-refractivity contribution in [1.82, 2.24) is 0 Å². The van der Waals surface area contributed by atoms with E-state index in [2.05, 4.69) is 4.74 Å². The summed E-state index contributed by atoms with van der Waals surface area (Å²) in [4.78, 5) is 42.7. The Labute approximate surface area is 129 Å². The highest BCUT2D eigenvalue weighted by Crippen LogP contribution is 2.20. The first kappa shape index (κ1) is 15.9. The third-order valence-corrected chi connectivity index (χ3v) is 2.91. The van der Waals surface area contributed by atoms with Crippen LogP contribution in [0.15, 0.2) is 48.5 Å². The second kappa shape index (κ2) is 6.52. The maximum Gasteiger partial charge on any atom is 0.346 e. The molecule has 0 saturated heterocycles. The molecular formula is C16H10O7. The fourth-order valence-electron chi connectivity index (χ4n) is 1.80. The summed E-state index contributed by atoms with van der Waals surface area (Å²) in [6.45, 7) is 0. The largest absolute Gasteiger partial charge is 0.478 e. The highest BCUT2D eigenvalue weighted by molar-refractivity contribution is 6.15. The highest BCUT2D eigenvalue weighted by Gasteiger charge is 2.30. The van der Waals surface area contributed by atoms with Gasteiger partial charge in [-0.3, -0.25) is 0 Å². The molecule has 3 rings (SSSR count). The summed E-state index contributed by atoms with van der Waals surface area (Å²) in [7, 11) is 0. The molecule has 23 heavy (non-hydrogen) atoms. The fourth-order valence-corrected chi connectivity index (χ4v) is 1.80. The minimum Gasteiger partial charge on any atom is -0.478 e. The van der Waals surface area contributed by atoms with Crippen LogP contribution in [0.3, 0.4) is 0 Å². The number of carbonyl (C=O) groups is 4. The van der Waals surface area contributed by atoms with Crippen LogP contribution in [0.4, 0.5) is 0 Å². The van der Waals surface area contributed by atoms with Gasteiger partial charge in [-0.05, 0) is 30.3 Å². The topological polar surface area (TPSA) is 118 Å². The van der Waals surface area contributed by atoms with Gasteiger partial charge in [-0.1, -0.05) is 18.2 Å². The monoisotopic (exact) mass is 314 g/mol. The number of ether oxygens (including phenoxy) is 1. The van der Waals surface area contributed by atoms with Gasteiger partial charge in [-0.15, -0.1) is 0 Å². The highest BCUT2D eigenvalue weighted by atomic mass is 16.6. The minimum atomic E-state index is -1.15. The molecule has 2 aromatic carbocycles. The van der Waals surface area contributed by atoms with E-state index in [1.165, 1.54) is 12.1 Å². The van der Waals surface area contributed by atoms with Crippen LogP contribution in [0.5, 0.6) is 0 Å². The molecule has 2 aromatic rings. The summed E-state index contributed by atoms with van der Waals surface area (Å²) < 4.78 is 4.30. The molecule has 0 aromatic heterocycles. The molecule has 0 bridgehead atoms. The molecule has 7 heteroatoms. The van der Waals surface area contributed by atoms with Crippen molar-refractivity contribution in [3.63, 3.8) is 0 Å². The number of fused-ring (bicyclic) bond motifs is 1. The number of esters is 2. The van der Waals surface area contributed by atoms with Gasteiger partial charge >= 0.3 is 23.9 Å². The summed E-state index contributed by atoms with van der Waals surface area (Å²) in [5.74, 6) is -3.56. The average molecular weight is 314 g/mol. The second-order valence-corrected chi connectivity index (χ2v) is 4.41. The van der Waals surface area contributed by atoms with E-state index in [1.54, 1.807) is 30.3 Å². The molecule has 1 heterocycles. The number of aromatic carboxylic acids is 2. The number of carboxylic acid groups (broad SMARTS) is 2. The zero-order valence-electron chi connectivity index (χ0n) is 11.6. The molecule has 0 spiro atoms. The summed E-state index contributed by atoms with van der Waals surface area (Å²) in [5.41, 5.74) is 0.405. The van der Waals surface area contributed by atoms with Crippen molar-refractivity contribution in [2.24, 2.45) is 0 Å². The maximum absolute atomic E-state index is 11.0. The molecule has 0 atom stereocenters. The Hall–Kier alpha value is -3.48. The van der Waals surface area contributed by atoms with Crippen molar-refractivity contribution >= 4 is 23.9 Å². The van der Waals surface area contributed by atoms with Crippen LogP contribution in [0.1, 0.15) is 41.4 Å². The molecular weight excluding hydrogens is 304 g/mol. The third kappa shape index (κ3) is 3.59. The lowest BCUT2D eigenvalue weighted by Crippen LogP contribution is -2.00. The molecule has 1 aliphatic heterocycles. The molecule has 2 N–H and O–H groups in total. The standard InChI is InChI=1S/C9H4O5.C7H6O2/c10-7(11)4-1-2-5-6(3-4)9(13)14-8(5)12;8-7(9)6-4-2-1-3-5-6/h1-3H,(H,10,11);1-5H,(H,8,9). The number of carboxylic acids is 2. The minimum absolute atomic E-state index is 0.00917. The quantitative estimate of drug-likeness (QED) is 0.643. The van der Waals surface area contributed by atoms with Gasteiger partial charge in [-0.2, -0.15) is 0 Å². The molecule has 0 aliphatic carbocycles. The van der Waals surface area contributed by atoms with E-state index in [0.29, 0.717) is 5.56 Å². The lowest BCUT2D eigenvalue weighted by Gasteiger charge is -1.94. The van der Waals surface area contributed by atoms with Gasteiger partial charge in [0.25, 0.3) is 0 Å². The fraction of sp³-hybridized carbons (Fsp3) is 0. The van der Waals surface area contributed by atoms with Crippen molar-refractivity contribution < 1.29 is 34.1 Å². The Morgan fingerprint density at radius 1 is 0.739 bits per heavy atom. The molecule has 0 fully saturated rings. The van der Waals surface area contributed by atoms with E-state index in [-0.39, 0.29) is 16.7 Å². The molecule has 7 nitrogen and oxygen atoms in total. The molecule has 116 valence electrons. The predicted molar refractivity (Wildman–Crippen MR) is 76.5 cm³/mol. The van der Waals surface area contributed by atoms with Gasteiger partial charge < -0.3 is 14.9 Å². The Balaban J connectivity index is 0.000000185. The van der Waals surface area contributed by atoms with Crippen LogP contribution >= 0.6 is 0 Å². The van der Waals surface area contributed by atoms with Crippen LogP contribution in [0.2, 0.25) is 0 Å². The van der Waals surface area contributed by atoms with Gasteiger partial charge in [0.1, 0.15) is 0 Å². The SMILES string of the molecule is O=C(O)c1ccc2c(c1)C(=O)OC2=O.O=C(O)c1ccccc1. The van der Waals surface area contributed by atoms with Gasteiger partial charge in [-0.25, -0.2) is 19.2 Å². The molecule has 1 aliphatic rings. The Morgan fingerprint density at radius 3 is 1.83 bits per heavy atom. The van der Waals surface area contributed by atoms with Crippen LogP contribution in [0, 0.1) is 0 Å². The third-order valence-electron chi connectivity index (χ3n) is 2.91. The van der Waals surface area contributed by atoms with Crippen LogP contribution in [0.25, 0.3) is 0 Å². The lowest BCUT2D eigenvalue weighted by molar-refractivity contribution is 0.0442. The lowest BCUT2D eigenvalue weighted by atomic mass is 10.1. The van der Waals surface area contributed by atoms with Crippen LogP contribution in [-0.2, 0) is 4.74 Å². The van der Waals surface area contributed by atoms with Crippen LogP contribution in [-0.4, -0.2) is 34.1 Å². The second-order valence-electron chi connectivity index (χ2n) is 4.41. The van der Waals surface area contributed by atoms with E-state index < -0.39 is 23.9 Å². The number of rotatable bonds is 2. The van der Waals surface area contributed by atoms with E-state index in [1.807, 2.05) is 0 Å². The zero-order chi connectivity index (χ0) is 17.0. The number of carbonyl (C=O) groups excluding carboxylic acids is 2. The summed E-state index contributed by atoms with van der Waals surface area (Å²) in [6, 6.07) is 11.9. The number of hydrogen-bond acceptors (Lipinski definition) is 5. The number of cyclic esters (lactones) is 2. The first-order chi connectivity index (χ1) is 10.9. The van der Waals surface area contributed by atoms with E-state index in [4.69, 9.17) is 10.2 Å². The van der Waals surface area contributed by atoms with Crippen molar-refractivity contribution in [2.75, 3.05) is 0 Å². The van der Waals surface area contributed by atoms with Gasteiger partial charge in [0.15, 0.2) is 0 Å². The zero-order valence-corrected chi connectivity index (χ0v) is 11.6. The first-order valence-corrected chi connectivity index (χ1v) is 6.32. The van der Waals surface area contributed by atoms with Crippen molar-refractivity contribution in [3.05, 3.63) is 70.8 Å². The van der Waals surface area contributed by atoms with Gasteiger partial charge in [0.2, 0.25) is 0 Å². The maximum atomic E-state index is 11.0. The van der Waals surface area contributed by atoms with E-state index in [9.17, 15) is 19.2 Å². The smallest absolute Gasteiger partial charge is 0.346 e. The van der Waals surface area contributed by atoms with Crippen LogP contribution < -0.4 is 0 Å². The Morgan fingerprint density at radius 2 is 1.30 bits per heavy atom. The molecule has 0 saturated carbocycles. The molecule has 0 amide bonds. The van der Waals surface area contributed by atoms with E-state index in [0.717, 1.165) is 6.07 Å². The number of benzene rings is 2. The summed E-state index contributed by atoms with van der Waals surface area (Å²) in [5, 5.41) is 17.0. The normalized spacial score (nSPS) is 11.8. The predicted octanol–water partition coefficient (Wildman–Crippen LogP) is 2.08. The first-order valence-electron chi connectivity index (χ1n) is 6.32. The Kier molecular flexibility index (Phi) is 4.51. The summed E-state index contributed by atoms with van der Waals surface area (Å²) in [6.07, 6.45) is 0. The number of hydrogen-bond donors (Lipinski definition) is 2.